The van der Waals surface area contributed by atoms with Crippen LogP contribution in [0.25, 0.3) is 10.8 Å². The highest BCUT2D eigenvalue weighted by molar-refractivity contribution is 5.84. The minimum absolute atomic E-state index is 0.799. The van der Waals surface area contributed by atoms with Crippen LogP contribution in [-0.4, -0.2) is 0 Å². The number of aryl methyl sites for hydroxylation is 1. The van der Waals surface area contributed by atoms with Gasteiger partial charge in [0.05, 0.1) is 0 Å². The Morgan fingerprint density at radius 3 is 2.30 bits per heavy atom. The monoisotopic (exact) mass is 308 g/mol. The van der Waals surface area contributed by atoms with Crippen LogP contribution in [0.2, 0.25) is 0 Å². The molecule has 0 radical (unpaired) electrons. The maximum absolute atomic E-state index is 2.46. The summed E-state index contributed by atoms with van der Waals surface area (Å²) in [5.74, 6) is 1.80. The lowest BCUT2D eigenvalue weighted by Gasteiger charge is -2.29. The van der Waals surface area contributed by atoms with Crippen molar-refractivity contribution in [2.24, 2.45) is 5.92 Å². The third-order valence-electron chi connectivity index (χ3n) is 5.87. The first kappa shape index (κ1) is 16.6. The van der Waals surface area contributed by atoms with Gasteiger partial charge in [-0.2, -0.15) is 0 Å². The first-order valence-electron chi connectivity index (χ1n) is 9.82. The topological polar surface area (TPSA) is 0 Å². The van der Waals surface area contributed by atoms with Gasteiger partial charge in [-0.15, -0.1) is 0 Å². The van der Waals surface area contributed by atoms with Gasteiger partial charge in [0.25, 0.3) is 0 Å². The molecule has 0 heterocycles. The van der Waals surface area contributed by atoms with Gasteiger partial charge in [0, 0.05) is 0 Å². The second-order valence-electron chi connectivity index (χ2n) is 7.51. The average molecular weight is 309 g/mol. The van der Waals surface area contributed by atoms with Gasteiger partial charge in [-0.25, -0.2) is 0 Å². The molecule has 1 aliphatic rings. The molecule has 1 fully saturated rings. The van der Waals surface area contributed by atoms with Gasteiger partial charge in [0.2, 0.25) is 0 Å². The van der Waals surface area contributed by atoms with Gasteiger partial charge in [0.15, 0.2) is 0 Å². The maximum Gasteiger partial charge on any atom is -0.0162 e. The molecule has 0 atom stereocenters. The van der Waals surface area contributed by atoms with Crippen molar-refractivity contribution in [3.63, 3.8) is 0 Å². The van der Waals surface area contributed by atoms with Crippen molar-refractivity contribution < 1.29 is 0 Å². The smallest absolute Gasteiger partial charge is 0.0162 e. The summed E-state index contributed by atoms with van der Waals surface area (Å²) in [6.07, 6.45) is 12.5. The Morgan fingerprint density at radius 1 is 0.826 bits per heavy atom. The van der Waals surface area contributed by atoms with Crippen LogP contribution >= 0.6 is 0 Å². The van der Waals surface area contributed by atoms with Crippen LogP contribution in [0.15, 0.2) is 36.4 Å². The number of benzene rings is 2. The SMILES string of the molecule is CCCCCC1CCC(c2ccc3cc(CC)ccc3c2)CC1. The third-order valence-corrected chi connectivity index (χ3v) is 5.87. The Balaban J connectivity index is 1.63. The predicted molar refractivity (Wildman–Crippen MR) is 102 cm³/mol. The molecule has 0 saturated heterocycles. The summed E-state index contributed by atoms with van der Waals surface area (Å²) >= 11 is 0. The minimum atomic E-state index is 0.799. The molecule has 0 amide bonds. The highest BCUT2D eigenvalue weighted by atomic mass is 14.3. The standard InChI is InChI=1S/C23H32/c1-3-5-6-7-19-9-11-20(12-10-19)22-15-14-21-16-18(4-2)8-13-23(21)17-22/h8,13-17,19-20H,3-7,9-12H2,1-2H3. The number of unbranched alkanes of at least 4 members (excludes halogenated alkanes) is 2. The highest BCUT2D eigenvalue weighted by Crippen LogP contribution is 2.38. The molecule has 0 N–H and O–H groups in total. The van der Waals surface area contributed by atoms with E-state index in [0.717, 1.165) is 18.3 Å². The molecule has 2 aromatic carbocycles. The lowest BCUT2D eigenvalue weighted by Crippen LogP contribution is -2.13. The van der Waals surface area contributed by atoms with E-state index in [2.05, 4.69) is 50.2 Å². The van der Waals surface area contributed by atoms with E-state index in [1.165, 1.54) is 67.7 Å². The fourth-order valence-electron chi connectivity index (χ4n) is 4.25. The average Bonchev–Trinajstić information content (AvgIpc) is 2.61. The molecule has 0 aromatic heterocycles. The molecular weight excluding hydrogens is 276 g/mol. The Bertz CT molecular complexity index is 617. The van der Waals surface area contributed by atoms with E-state index in [1.54, 1.807) is 5.56 Å². The Morgan fingerprint density at radius 2 is 1.57 bits per heavy atom. The van der Waals surface area contributed by atoms with Crippen molar-refractivity contribution in [2.75, 3.05) is 0 Å². The van der Waals surface area contributed by atoms with Crippen molar-refractivity contribution in [3.05, 3.63) is 47.5 Å². The first-order valence-corrected chi connectivity index (χ1v) is 9.82. The maximum atomic E-state index is 2.46. The van der Waals surface area contributed by atoms with E-state index in [9.17, 15) is 0 Å². The lowest BCUT2D eigenvalue weighted by atomic mass is 9.77. The summed E-state index contributed by atoms with van der Waals surface area (Å²) in [6.45, 7) is 4.54. The van der Waals surface area contributed by atoms with Gasteiger partial charge in [0.1, 0.15) is 0 Å². The Hall–Kier alpha value is -1.30. The van der Waals surface area contributed by atoms with Crippen LogP contribution in [0.3, 0.4) is 0 Å². The van der Waals surface area contributed by atoms with Crippen LogP contribution < -0.4 is 0 Å². The van der Waals surface area contributed by atoms with E-state index in [-0.39, 0.29) is 0 Å². The molecule has 124 valence electrons. The highest BCUT2D eigenvalue weighted by Gasteiger charge is 2.22. The van der Waals surface area contributed by atoms with Crippen LogP contribution in [0.5, 0.6) is 0 Å². The van der Waals surface area contributed by atoms with Crippen LogP contribution in [0.1, 0.15) is 82.3 Å². The predicted octanol–water partition coefficient (Wildman–Crippen LogP) is 7.26. The van der Waals surface area contributed by atoms with Crippen LogP contribution in [0, 0.1) is 5.92 Å². The van der Waals surface area contributed by atoms with Crippen molar-refractivity contribution in [1.82, 2.24) is 0 Å². The van der Waals surface area contributed by atoms with Gasteiger partial charge in [-0.1, -0.05) is 75.9 Å². The first-order chi connectivity index (χ1) is 11.3. The zero-order chi connectivity index (χ0) is 16.1. The summed E-state index contributed by atoms with van der Waals surface area (Å²) in [7, 11) is 0. The Labute approximate surface area is 142 Å². The van der Waals surface area contributed by atoms with E-state index in [0.29, 0.717) is 0 Å². The van der Waals surface area contributed by atoms with Gasteiger partial charge in [-0.3, -0.25) is 0 Å². The zero-order valence-electron chi connectivity index (χ0n) is 15.0. The molecule has 0 nitrogen and oxygen atoms in total. The molecule has 0 aliphatic heterocycles. The fraction of sp³-hybridized carbons (Fsp3) is 0.565. The van der Waals surface area contributed by atoms with E-state index >= 15 is 0 Å². The molecule has 0 heteroatoms. The van der Waals surface area contributed by atoms with Gasteiger partial charge < -0.3 is 0 Å². The molecule has 23 heavy (non-hydrogen) atoms. The second kappa shape index (κ2) is 7.99. The summed E-state index contributed by atoms with van der Waals surface area (Å²) in [5, 5.41) is 2.83. The molecule has 0 spiro atoms. The minimum Gasteiger partial charge on any atom is -0.0654 e. The molecular formula is C23H32. The molecule has 3 rings (SSSR count). The number of hydrogen-bond donors (Lipinski definition) is 0. The molecule has 1 saturated carbocycles. The number of rotatable bonds is 6. The normalized spacial score (nSPS) is 21.7. The molecule has 1 aliphatic carbocycles. The molecule has 0 unspecified atom stereocenters. The van der Waals surface area contributed by atoms with E-state index in [4.69, 9.17) is 0 Å². The number of hydrogen-bond acceptors (Lipinski definition) is 0. The largest absolute Gasteiger partial charge is 0.0654 e. The molecule has 0 bridgehead atoms. The number of fused-ring (bicyclic) bond motifs is 1. The van der Waals surface area contributed by atoms with Crippen LogP contribution in [-0.2, 0) is 6.42 Å². The Kier molecular flexibility index (Phi) is 5.75. The van der Waals surface area contributed by atoms with Crippen molar-refractivity contribution in [3.8, 4) is 0 Å². The summed E-state index contributed by atoms with van der Waals surface area (Å²) in [6, 6.07) is 14.1. The third kappa shape index (κ3) is 4.16. The van der Waals surface area contributed by atoms with Crippen molar-refractivity contribution in [1.29, 1.82) is 0 Å². The lowest BCUT2D eigenvalue weighted by molar-refractivity contribution is 0.303. The van der Waals surface area contributed by atoms with Crippen molar-refractivity contribution >= 4 is 10.8 Å². The van der Waals surface area contributed by atoms with E-state index in [1.807, 2.05) is 0 Å². The van der Waals surface area contributed by atoms with Gasteiger partial charge >= 0.3 is 0 Å². The summed E-state index contributed by atoms with van der Waals surface area (Å²) < 4.78 is 0. The van der Waals surface area contributed by atoms with Crippen molar-refractivity contribution in [2.45, 2.75) is 77.6 Å². The molecule has 2 aromatic rings. The summed E-state index contributed by atoms with van der Waals surface area (Å²) in [5.41, 5.74) is 3.02. The summed E-state index contributed by atoms with van der Waals surface area (Å²) in [4.78, 5) is 0. The second-order valence-corrected chi connectivity index (χ2v) is 7.51. The van der Waals surface area contributed by atoms with Crippen LogP contribution in [0.4, 0.5) is 0 Å². The van der Waals surface area contributed by atoms with E-state index < -0.39 is 0 Å². The quantitative estimate of drug-likeness (QED) is 0.493. The van der Waals surface area contributed by atoms with Gasteiger partial charge in [-0.05, 0) is 65.8 Å². The fourth-order valence-corrected chi connectivity index (χ4v) is 4.25. The zero-order valence-corrected chi connectivity index (χ0v) is 15.0.